The number of alkyl halides is 3. The van der Waals surface area contributed by atoms with Crippen molar-refractivity contribution in [3.63, 3.8) is 0 Å². The van der Waals surface area contributed by atoms with Gasteiger partial charge in [-0.1, -0.05) is 12.1 Å². The van der Waals surface area contributed by atoms with Gasteiger partial charge >= 0.3 is 6.18 Å². The van der Waals surface area contributed by atoms with Gasteiger partial charge in [-0.25, -0.2) is 4.98 Å². The summed E-state index contributed by atoms with van der Waals surface area (Å²) in [5.74, 6) is -0.819. The van der Waals surface area contributed by atoms with Crippen molar-refractivity contribution in [2.75, 3.05) is 24.5 Å². The van der Waals surface area contributed by atoms with Gasteiger partial charge in [-0.05, 0) is 24.3 Å². The second kappa shape index (κ2) is 6.86. The predicted molar refractivity (Wildman–Crippen MR) is 97.1 cm³/mol. The minimum Gasteiger partial charge on any atom is -0.325 e. The quantitative estimate of drug-likeness (QED) is 0.656. The van der Waals surface area contributed by atoms with Gasteiger partial charge in [0.1, 0.15) is 12.2 Å². The molecule has 2 aromatic heterocycles. The molecule has 28 heavy (non-hydrogen) atoms. The number of pyridine rings is 1. The third kappa shape index (κ3) is 3.42. The molecule has 2 amide bonds. The molecule has 0 radical (unpaired) electrons. The van der Waals surface area contributed by atoms with E-state index in [2.05, 4.69) is 9.97 Å². The highest BCUT2D eigenvalue weighted by Crippen LogP contribution is 2.30. The number of hydrogen-bond acceptors (Lipinski definition) is 5. The molecule has 0 spiro atoms. The molecule has 1 aliphatic rings. The molecule has 0 atom stereocenters. The Kier molecular flexibility index (Phi) is 4.50. The second-order valence-corrected chi connectivity index (χ2v) is 7.19. The number of fused-ring (bicyclic) bond motifs is 1. The zero-order valence-electron chi connectivity index (χ0n) is 14.3. The van der Waals surface area contributed by atoms with Crippen molar-refractivity contribution in [3.05, 3.63) is 53.3 Å². The Morgan fingerprint density at radius 1 is 1.14 bits per heavy atom. The first-order valence-electron chi connectivity index (χ1n) is 8.31. The van der Waals surface area contributed by atoms with Crippen LogP contribution in [0.5, 0.6) is 0 Å². The van der Waals surface area contributed by atoms with E-state index in [-0.39, 0.29) is 36.2 Å². The molecule has 144 valence electrons. The Balaban J connectivity index is 1.51. The summed E-state index contributed by atoms with van der Waals surface area (Å²) in [6, 6.07) is 9.51. The number of hydrogen-bond donors (Lipinski definition) is 0. The number of nitrogens with zero attached hydrogens (tertiary/aromatic N) is 4. The van der Waals surface area contributed by atoms with E-state index < -0.39 is 17.8 Å². The molecular weight excluding hydrogens is 393 g/mol. The smallest absolute Gasteiger partial charge is 0.325 e. The van der Waals surface area contributed by atoms with E-state index in [4.69, 9.17) is 0 Å². The van der Waals surface area contributed by atoms with Crippen LogP contribution in [0.3, 0.4) is 0 Å². The van der Waals surface area contributed by atoms with Crippen LogP contribution in [0, 0.1) is 0 Å². The summed E-state index contributed by atoms with van der Waals surface area (Å²) in [7, 11) is 0. The number of rotatable bonds is 2. The molecule has 6 nitrogen and oxygen atoms in total. The van der Waals surface area contributed by atoms with Crippen LogP contribution in [0.2, 0.25) is 0 Å². The first-order chi connectivity index (χ1) is 13.3. The van der Waals surface area contributed by atoms with E-state index in [1.165, 1.54) is 27.2 Å². The highest BCUT2D eigenvalue weighted by atomic mass is 32.1. The zero-order valence-corrected chi connectivity index (χ0v) is 15.1. The number of para-hydroxylation sites is 1. The van der Waals surface area contributed by atoms with E-state index in [1.807, 2.05) is 18.2 Å². The topological polar surface area (TPSA) is 66.4 Å². The lowest BCUT2D eigenvalue weighted by Gasteiger charge is -2.34. The summed E-state index contributed by atoms with van der Waals surface area (Å²) in [5.41, 5.74) is -0.248. The van der Waals surface area contributed by atoms with Gasteiger partial charge in [0, 0.05) is 25.0 Å². The number of benzene rings is 1. The molecule has 4 rings (SSSR count). The Morgan fingerprint density at radius 3 is 2.64 bits per heavy atom. The van der Waals surface area contributed by atoms with E-state index in [0.29, 0.717) is 5.52 Å². The van der Waals surface area contributed by atoms with Crippen molar-refractivity contribution in [3.8, 4) is 0 Å². The third-order valence-electron chi connectivity index (χ3n) is 4.33. The number of piperazine rings is 1. The average molecular weight is 406 g/mol. The monoisotopic (exact) mass is 406 g/mol. The van der Waals surface area contributed by atoms with Gasteiger partial charge in [0.15, 0.2) is 5.01 Å². The molecule has 10 heteroatoms. The van der Waals surface area contributed by atoms with Crippen LogP contribution in [0.4, 0.5) is 18.9 Å². The SMILES string of the molecule is O=C(c1nc2ccccc2s1)N1CCN(c2ccnc(C(F)(F)F)c2)C(=O)C1. The number of thiazole rings is 1. The van der Waals surface area contributed by atoms with Crippen molar-refractivity contribution >= 4 is 39.1 Å². The van der Waals surface area contributed by atoms with Crippen molar-refractivity contribution < 1.29 is 22.8 Å². The molecule has 0 unspecified atom stereocenters. The Labute approximate surface area is 161 Å². The maximum Gasteiger partial charge on any atom is 0.433 e. The number of carbonyl (C=O) groups is 2. The lowest BCUT2D eigenvalue weighted by molar-refractivity contribution is -0.141. The summed E-state index contributed by atoms with van der Waals surface area (Å²) in [6.45, 7) is 0.0688. The van der Waals surface area contributed by atoms with E-state index in [0.717, 1.165) is 17.0 Å². The summed E-state index contributed by atoms with van der Waals surface area (Å²) in [6.07, 6.45) is -3.58. The Bertz CT molecular complexity index is 1030. The van der Waals surface area contributed by atoms with Gasteiger partial charge in [0.25, 0.3) is 5.91 Å². The molecule has 0 aliphatic carbocycles. The largest absolute Gasteiger partial charge is 0.433 e. The molecular formula is C18H13F3N4O2S. The van der Waals surface area contributed by atoms with Crippen molar-refractivity contribution in [2.45, 2.75) is 6.18 Å². The molecule has 0 N–H and O–H groups in total. The molecule has 0 saturated carbocycles. The minimum atomic E-state index is -4.59. The highest BCUT2D eigenvalue weighted by molar-refractivity contribution is 7.20. The van der Waals surface area contributed by atoms with Gasteiger partial charge in [0.05, 0.1) is 10.2 Å². The summed E-state index contributed by atoms with van der Waals surface area (Å²) in [4.78, 5) is 35.4. The number of carbonyl (C=O) groups excluding carboxylic acids is 2. The van der Waals surface area contributed by atoms with Crippen LogP contribution in [0.15, 0.2) is 42.6 Å². The minimum absolute atomic E-state index is 0.0940. The standard InChI is InChI=1S/C18H13F3N4O2S/c19-18(20,21)14-9-11(5-6-22-14)25-8-7-24(10-15(25)26)17(27)16-23-12-3-1-2-4-13(12)28-16/h1-6,9H,7-8,10H2. The molecule has 1 fully saturated rings. The van der Waals surface area contributed by atoms with Crippen LogP contribution in [-0.4, -0.2) is 46.3 Å². The molecule has 1 aliphatic heterocycles. The lowest BCUT2D eigenvalue weighted by atomic mass is 10.2. The van der Waals surface area contributed by atoms with Crippen LogP contribution >= 0.6 is 11.3 Å². The molecule has 0 bridgehead atoms. The second-order valence-electron chi connectivity index (χ2n) is 6.16. The zero-order chi connectivity index (χ0) is 19.9. The predicted octanol–water partition coefficient (Wildman–Crippen LogP) is 3.20. The van der Waals surface area contributed by atoms with E-state index in [1.54, 1.807) is 6.07 Å². The lowest BCUT2D eigenvalue weighted by Crippen LogP contribution is -2.52. The molecule has 1 aromatic carbocycles. The molecule has 1 saturated heterocycles. The maximum atomic E-state index is 12.9. The molecule has 3 heterocycles. The fraction of sp³-hybridized carbons (Fsp3) is 0.222. The van der Waals surface area contributed by atoms with Crippen molar-refractivity contribution in [2.24, 2.45) is 0 Å². The van der Waals surface area contributed by atoms with E-state index >= 15 is 0 Å². The number of anilines is 1. The van der Waals surface area contributed by atoms with Gasteiger partial charge < -0.3 is 9.80 Å². The van der Waals surface area contributed by atoms with Crippen LogP contribution in [0.1, 0.15) is 15.5 Å². The highest BCUT2D eigenvalue weighted by Gasteiger charge is 2.35. The fourth-order valence-corrected chi connectivity index (χ4v) is 3.89. The Morgan fingerprint density at radius 2 is 1.93 bits per heavy atom. The summed E-state index contributed by atoms with van der Waals surface area (Å²) >= 11 is 1.24. The maximum absolute atomic E-state index is 12.9. The first-order valence-corrected chi connectivity index (χ1v) is 9.13. The number of halogens is 3. The van der Waals surface area contributed by atoms with Gasteiger partial charge in [-0.15, -0.1) is 11.3 Å². The van der Waals surface area contributed by atoms with Crippen molar-refractivity contribution in [1.82, 2.24) is 14.9 Å². The van der Waals surface area contributed by atoms with Crippen LogP contribution in [-0.2, 0) is 11.0 Å². The van der Waals surface area contributed by atoms with Gasteiger partial charge in [-0.3, -0.25) is 14.6 Å². The Hall–Kier alpha value is -3.01. The number of amides is 2. The van der Waals surface area contributed by atoms with Crippen LogP contribution in [0.25, 0.3) is 10.2 Å². The van der Waals surface area contributed by atoms with E-state index in [9.17, 15) is 22.8 Å². The van der Waals surface area contributed by atoms with Crippen molar-refractivity contribution in [1.29, 1.82) is 0 Å². The first kappa shape index (κ1) is 18.4. The van der Waals surface area contributed by atoms with Crippen LogP contribution < -0.4 is 4.90 Å². The van der Waals surface area contributed by atoms with Gasteiger partial charge in [0.2, 0.25) is 5.91 Å². The molecule has 3 aromatic rings. The third-order valence-corrected chi connectivity index (χ3v) is 5.35. The normalized spacial score (nSPS) is 15.3. The average Bonchev–Trinajstić information content (AvgIpc) is 3.11. The summed E-state index contributed by atoms with van der Waals surface area (Å²) < 4.78 is 39.4. The van der Waals surface area contributed by atoms with Gasteiger partial charge in [-0.2, -0.15) is 13.2 Å². The summed E-state index contributed by atoms with van der Waals surface area (Å²) in [5, 5.41) is 0.283. The number of aromatic nitrogens is 2. The fourth-order valence-electron chi connectivity index (χ4n) is 2.96.